The Kier molecular flexibility index (Phi) is 2.13. The van der Waals surface area contributed by atoms with E-state index in [4.69, 9.17) is 4.42 Å². The molecule has 0 spiro atoms. The van der Waals surface area contributed by atoms with Crippen LogP contribution in [0.25, 0.3) is 11.0 Å². The van der Waals surface area contributed by atoms with Crippen molar-refractivity contribution in [2.75, 3.05) is 0 Å². The van der Waals surface area contributed by atoms with Crippen LogP contribution in [0.3, 0.4) is 0 Å². The van der Waals surface area contributed by atoms with Gasteiger partial charge in [-0.1, -0.05) is 0 Å². The third kappa shape index (κ3) is 1.32. The molecule has 0 N–H and O–H groups in total. The minimum absolute atomic E-state index is 0.202. The van der Waals surface area contributed by atoms with Gasteiger partial charge in [-0.25, -0.2) is 0 Å². The molecule has 0 atom stereocenters. The second kappa shape index (κ2) is 3.56. The molecule has 0 aliphatic heterocycles. The fraction of sp³-hybridized carbons (Fsp3) is 0.250. The van der Waals surface area contributed by atoms with Gasteiger partial charge >= 0.3 is 0 Å². The minimum Gasteiger partial charge on any atom is -0.469 e. The molecule has 0 bridgehead atoms. The van der Waals surface area contributed by atoms with Gasteiger partial charge in [-0.15, -0.1) is 0 Å². The maximum atomic E-state index is 12.4. The maximum Gasteiger partial charge on any atom is 0.282 e. The molecule has 0 unspecified atom stereocenters. The largest absolute Gasteiger partial charge is 0.469 e. The molecule has 3 aromatic heterocycles. The zero-order chi connectivity index (χ0) is 12.9. The van der Waals surface area contributed by atoms with E-state index in [0.717, 1.165) is 16.7 Å². The van der Waals surface area contributed by atoms with E-state index >= 15 is 0 Å². The maximum absolute atomic E-state index is 12.4. The Hall–Kier alpha value is -2.37. The molecule has 3 heterocycles. The number of hydrogen-bond acceptors (Lipinski definition) is 4. The monoisotopic (exact) mass is 244 g/mol. The van der Waals surface area contributed by atoms with Crippen molar-refractivity contribution in [3.63, 3.8) is 0 Å². The summed E-state index contributed by atoms with van der Waals surface area (Å²) in [5.41, 5.74) is 2.87. The Labute approximate surface area is 103 Å². The molecule has 6 nitrogen and oxygen atoms in total. The van der Waals surface area contributed by atoms with E-state index in [9.17, 15) is 4.79 Å². The van der Waals surface area contributed by atoms with Gasteiger partial charge in [0.25, 0.3) is 5.91 Å². The summed E-state index contributed by atoms with van der Waals surface area (Å²) >= 11 is 0. The van der Waals surface area contributed by atoms with Crippen molar-refractivity contribution in [2.45, 2.75) is 13.8 Å². The van der Waals surface area contributed by atoms with Crippen molar-refractivity contribution < 1.29 is 9.21 Å². The van der Waals surface area contributed by atoms with E-state index < -0.39 is 0 Å². The summed E-state index contributed by atoms with van der Waals surface area (Å²) in [6.45, 7) is 3.61. The molecular formula is C12H12N4O2. The zero-order valence-corrected chi connectivity index (χ0v) is 10.3. The van der Waals surface area contributed by atoms with Crippen molar-refractivity contribution in [3.05, 3.63) is 35.5 Å². The summed E-state index contributed by atoms with van der Waals surface area (Å²) in [6, 6.07) is 1.65. The first kappa shape index (κ1) is 10.8. The van der Waals surface area contributed by atoms with E-state index in [0.29, 0.717) is 11.3 Å². The molecule has 92 valence electrons. The van der Waals surface area contributed by atoms with Gasteiger partial charge in [-0.3, -0.25) is 9.48 Å². The second-order valence-electron chi connectivity index (χ2n) is 4.19. The highest BCUT2D eigenvalue weighted by atomic mass is 16.3. The Morgan fingerprint density at radius 3 is 2.83 bits per heavy atom. The van der Waals surface area contributed by atoms with E-state index in [2.05, 4.69) is 10.2 Å². The zero-order valence-electron chi connectivity index (χ0n) is 10.3. The predicted molar refractivity (Wildman–Crippen MR) is 64.4 cm³/mol. The summed E-state index contributed by atoms with van der Waals surface area (Å²) < 4.78 is 8.23. The molecule has 0 saturated carbocycles. The van der Waals surface area contributed by atoms with Crippen molar-refractivity contribution in [2.24, 2.45) is 7.05 Å². The van der Waals surface area contributed by atoms with E-state index in [-0.39, 0.29) is 5.91 Å². The number of nitrogens with zero attached hydrogens (tertiary/aromatic N) is 4. The third-order valence-electron chi connectivity index (χ3n) is 3.02. The quantitative estimate of drug-likeness (QED) is 0.653. The number of carbonyl (C=O) groups is 1. The number of carbonyl (C=O) groups excluding carboxylic acids is 1. The van der Waals surface area contributed by atoms with Crippen molar-refractivity contribution in [1.82, 2.24) is 19.6 Å². The fourth-order valence-corrected chi connectivity index (χ4v) is 2.12. The van der Waals surface area contributed by atoms with Crippen LogP contribution in [0.2, 0.25) is 0 Å². The first-order valence-electron chi connectivity index (χ1n) is 5.55. The Bertz CT molecular complexity index is 747. The van der Waals surface area contributed by atoms with Crippen LogP contribution in [0.1, 0.15) is 21.8 Å². The van der Waals surface area contributed by atoms with Gasteiger partial charge in [0, 0.05) is 7.05 Å². The number of aryl methyl sites for hydroxylation is 3. The predicted octanol–water partition coefficient (Wildman–Crippen LogP) is 1.67. The summed E-state index contributed by atoms with van der Waals surface area (Å²) in [7, 11) is 1.83. The topological polar surface area (TPSA) is 65.8 Å². The van der Waals surface area contributed by atoms with Crippen LogP contribution in [0.4, 0.5) is 0 Å². The fourth-order valence-electron chi connectivity index (χ4n) is 2.12. The summed E-state index contributed by atoms with van der Waals surface area (Å²) in [5, 5.41) is 8.42. The van der Waals surface area contributed by atoms with Gasteiger partial charge in [0.05, 0.1) is 23.7 Å². The average Bonchev–Trinajstić information content (AvgIpc) is 2.98. The highest BCUT2D eigenvalue weighted by Crippen LogP contribution is 2.19. The van der Waals surface area contributed by atoms with Crippen molar-refractivity contribution in [1.29, 1.82) is 0 Å². The van der Waals surface area contributed by atoms with Crippen LogP contribution >= 0.6 is 0 Å². The molecule has 0 radical (unpaired) electrons. The Morgan fingerprint density at radius 1 is 1.39 bits per heavy atom. The third-order valence-corrected chi connectivity index (χ3v) is 3.02. The molecule has 0 amide bonds. The van der Waals surface area contributed by atoms with Crippen LogP contribution in [0, 0.1) is 13.8 Å². The van der Waals surface area contributed by atoms with Crippen molar-refractivity contribution >= 4 is 16.9 Å². The van der Waals surface area contributed by atoms with Crippen LogP contribution in [0.15, 0.2) is 22.9 Å². The Balaban J connectivity index is 2.21. The molecule has 0 aliphatic carbocycles. The Morgan fingerprint density at radius 2 is 2.17 bits per heavy atom. The highest BCUT2D eigenvalue weighted by Gasteiger charge is 2.20. The molecule has 0 aliphatic rings. The van der Waals surface area contributed by atoms with Crippen LogP contribution in [0.5, 0.6) is 0 Å². The van der Waals surface area contributed by atoms with E-state index in [1.54, 1.807) is 23.9 Å². The van der Waals surface area contributed by atoms with Gasteiger partial charge in [0.2, 0.25) is 0 Å². The SMILES string of the molecule is Cc1occc1C(=O)n1ncc2c1c(C)nn2C. The summed E-state index contributed by atoms with van der Waals surface area (Å²) in [5.74, 6) is 0.387. The van der Waals surface area contributed by atoms with E-state index in [1.165, 1.54) is 10.9 Å². The summed E-state index contributed by atoms with van der Waals surface area (Å²) in [4.78, 5) is 12.4. The first-order chi connectivity index (χ1) is 8.59. The molecule has 0 saturated heterocycles. The molecule has 6 heteroatoms. The molecule has 0 fully saturated rings. The number of furan rings is 1. The lowest BCUT2D eigenvalue weighted by Gasteiger charge is -1.99. The van der Waals surface area contributed by atoms with Gasteiger partial charge in [0.15, 0.2) is 0 Å². The standard InChI is InChI=1S/C12H12N4O2/c1-7-11-10(15(3)14-7)6-13-16(11)12(17)9-4-5-18-8(9)2/h4-6H,1-3H3. The van der Waals surface area contributed by atoms with Crippen LogP contribution < -0.4 is 0 Å². The number of hydrogen-bond donors (Lipinski definition) is 0. The number of fused-ring (bicyclic) bond motifs is 1. The average molecular weight is 244 g/mol. The first-order valence-corrected chi connectivity index (χ1v) is 5.55. The number of rotatable bonds is 1. The second-order valence-corrected chi connectivity index (χ2v) is 4.19. The van der Waals surface area contributed by atoms with Crippen LogP contribution in [-0.4, -0.2) is 25.5 Å². The number of aromatic nitrogens is 4. The van der Waals surface area contributed by atoms with Crippen LogP contribution in [-0.2, 0) is 7.05 Å². The lowest BCUT2D eigenvalue weighted by molar-refractivity contribution is 0.0949. The van der Waals surface area contributed by atoms with Crippen molar-refractivity contribution in [3.8, 4) is 0 Å². The molecule has 18 heavy (non-hydrogen) atoms. The molecule has 0 aromatic carbocycles. The smallest absolute Gasteiger partial charge is 0.282 e. The normalized spacial score (nSPS) is 11.3. The molecular weight excluding hydrogens is 232 g/mol. The van der Waals surface area contributed by atoms with Gasteiger partial charge in [-0.2, -0.15) is 14.9 Å². The lowest BCUT2D eigenvalue weighted by atomic mass is 10.2. The highest BCUT2D eigenvalue weighted by molar-refractivity contribution is 6.01. The van der Waals surface area contributed by atoms with Gasteiger partial charge in [-0.05, 0) is 19.9 Å². The van der Waals surface area contributed by atoms with E-state index in [1.807, 2.05) is 14.0 Å². The van der Waals surface area contributed by atoms with Gasteiger partial charge < -0.3 is 4.42 Å². The summed E-state index contributed by atoms with van der Waals surface area (Å²) in [6.07, 6.45) is 3.14. The molecule has 3 aromatic rings. The lowest BCUT2D eigenvalue weighted by Crippen LogP contribution is -2.13. The van der Waals surface area contributed by atoms with Gasteiger partial charge in [0.1, 0.15) is 16.8 Å². The minimum atomic E-state index is -0.202. The molecule has 3 rings (SSSR count).